The summed E-state index contributed by atoms with van der Waals surface area (Å²) in [6.07, 6.45) is 2.75. The van der Waals surface area contributed by atoms with Crippen LogP contribution >= 0.6 is 0 Å². The molecule has 2 saturated heterocycles. The minimum atomic E-state index is 0.558. The summed E-state index contributed by atoms with van der Waals surface area (Å²) in [6.45, 7) is 13.2. The van der Waals surface area contributed by atoms with Crippen LogP contribution in [0, 0.1) is 5.41 Å². The highest BCUT2D eigenvalue weighted by atomic mass is 16.5. The second-order valence-corrected chi connectivity index (χ2v) is 4.66. The zero-order valence-corrected chi connectivity index (χ0v) is 10.2. The van der Waals surface area contributed by atoms with Gasteiger partial charge >= 0.3 is 0 Å². The van der Waals surface area contributed by atoms with Gasteiger partial charge in [-0.1, -0.05) is 13.8 Å². The molecule has 0 amide bonds. The number of hydrogen-bond donors (Lipinski definition) is 0. The largest absolute Gasteiger partial charge is 0.380 e. The lowest BCUT2D eigenvalue weighted by atomic mass is 9.78. The molecular weight excluding hydrogens is 174 g/mol. The molecule has 2 heterocycles. The fraction of sp³-hybridized carbons (Fsp3) is 1.00. The molecule has 2 rings (SSSR count). The zero-order chi connectivity index (χ0) is 10.6. The Bertz CT molecular complexity index is 164. The van der Waals surface area contributed by atoms with Crippen molar-refractivity contribution >= 4 is 0 Å². The van der Waals surface area contributed by atoms with Crippen molar-refractivity contribution in [1.82, 2.24) is 4.90 Å². The van der Waals surface area contributed by atoms with Gasteiger partial charge < -0.3 is 9.64 Å². The van der Waals surface area contributed by atoms with Crippen LogP contribution in [-0.4, -0.2) is 37.2 Å². The molecular formula is C12H25NO. The fourth-order valence-electron chi connectivity index (χ4n) is 2.31. The van der Waals surface area contributed by atoms with Crippen molar-refractivity contribution in [2.24, 2.45) is 5.41 Å². The smallest absolute Gasteiger partial charge is 0.0557 e. The van der Waals surface area contributed by atoms with E-state index in [1.165, 1.54) is 25.9 Å². The summed E-state index contributed by atoms with van der Waals surface area (Å²) in [5.41, 5.74) is 0.558. The Hall–Kier alpha value is -0.0800. The van der Waals surface area contributed by atoms with Crippen LogP contribution in [0.15, 0.2) is 0 Å². The molecule has 0 aromatic heterocycles. The third kappa shape index (κ3) is 2.48. The monoisotopic (exact) mass is 199 g/mol. The van der Waals surface area contributed by atoms with E-state index < -0.39 is 0 Å². The van der Waals surface area contributed by atoms with Gasteiger partial charge in [-0.05, 0) is 33.2 Å². The Morgan fingerprint density at radius 2 is 1.86 bits per heavy atom. The second kappa shape index (κ2) is 5.13. The Morgan fingerprint density at radius 3 is 2.29 bits per heavy atom. The van der Waals surface area contributed by atoms with E-state index in [2.05, 4.69) is 18.7 Å². The topological polar surface area (TPSA) is 12.5 Å². The average molecular weight is 199 g/mol. The van der Waals surface area contributed by atoms with Gasteiger partial charge in [0, 0.05) is 18.0 Å². The standard InChI is InChI=1S/C10H19NO.C2H6/c1-9(2)11-5-3-4-10(6-11)7-12-8-10;1-2/h9H,3-8H2,1-2H3;1-2H3. The van der Waals surface area contributed by atoms with Crippen LogP contribution in [0.5, 0.6) is 0 Å². The molecule has 2 aliphatic rings. The Balaban J connectivity index is 0.000000461. The van der Waals surface area contributed by atoms with E-state index in [-0.39, 0.29) is 0 Å². The summed E-state index contributed by atoms with van der Waals surface area (Å²) in [5, 5.41) is 0. The first kappa shape index (κ1) is 12.0. The third-order valence-electron chi connectivity index (χ3n) is 3.24. The van der Waals surface area contributed by atoms with Gasteiger partial charge in [0.2, 0.25) is 0 Å². The average Bonchev–Trinajstić information content (AvgIpc) is 2.19. The summed E-state index contributed by atoms with van der Waals surface area (Å²) in [4.78, 5) is 2.59. The molecule has 0 radical (unpaired) electrons. The van der Waals surface area contributed by atoms with Gasteiger partial charge in [-0.15, -0.1) is 0 Å². The van der Waals surface area contributed by atoms with Crippen molar-refractivity contribution in [3.05, 3.63) is 0 Å². The van der Waals surface area contributed by atoms with Crippen molar-refractivity contribution in [2.75, 3.05) is 26.3 Å². The molecule has 14 heavy (non-hydrogen) atoms. The maximum Gasteiger partial charge on any atom is 0.0557 e. The van der Waals surface area contributed by atoms with E-state index in [1.807, 2.05) is 13.8 Å². The molecule has 0 atom stereocenters. The van der Waals surface area contributed by atoms with Gasteiger partial charge in [-0.25, -0.2) is 0 Å². The van der Waals surface area contributed by atoms with E-state index in [4.69, 9.17) is 4.74 Å². The van der Waals surface area contributed by atoms with Crippen LogP contribution in [-0.2, 0) is 4.74 Å². The lowest BCUT2D eigenvalue weighted by Gasteiger charge is -2.49. The van der Waals surface area contributed by atoms with E-state index in [1.54, 1.807) is 0 Å². The molecule has 2 nitrogen and oxygen atoms in total. The second-order valence-electron chi connectivity index (χ2n) is 4.66. The van der Waals surface area contributed by atoms with E-state index in [9.17, 15) is 0 Å². The normalized spacial score (nSPS) is 25.5. The summed E-state index contributed by atoms with van der Waals surface area (Å²) < 4.78 is 5.32. The minimum absolute atomic E-state index is 0.558. The highest BCUT2D eigenvalue weighted by Gasteiger charge is 2.42. The van der Waals surface area contributed by atoms with Crippen molar-refractivity contribution in [3.63, 3.8) is 0 Å². The lowest BCUT2D eigenvalue weighted by molar-refractivity contribution is -0.147. The summed E-state index contributed by atoms with van der Waals surface area (Å²) in [6, 6.07) is 0.711. The first-order chi connectivity index (χ1) is 6.72. The van der Waals surface area contributed by atoms with Gasteiger partial charge in [0.05, 0.1) is 13.2 Å². The summed E-state index contributed by atoms with van der Waals surface area (Å²) in [5.74, 6) is 0. The van der Waals surface area contributed by atoms with Crippen molar-refractivity contribution < 1.29 is 4.74 Å². The molecule has 0 bridgehead atoms. The van der Waals surface area contributed by atoms with Crippen LogP contribution in [0.3, 0.4) is 0 Å². The number of nitrogens with zero attached hydrogens (tertiary/aromatic N) is 1. The maximum atomic E-state index is 5.32. The van der Waals surface area contributed by atoms with Gasteiger partial charge in [0.25, 0.3) is 0 Å². The first-order valence-electron chi connectivity index (χ1n) is 6.04. The number of rotatable bonds is 1. The van der Waals surface area contributed by atoms with E-state index in [0.29, 0.717) is 11.5 Å². The minimum Gasteiger partial charge on any atom is -0.380 e. The van der Waals surface area contributed by atoms with Gasteiger partial charge in [-0.2, -0.15) is 0 Å². The SMILES string of the molecule is CC.CC(C)N1CCCC2(COC2)C1. The third-order valence-corrected chi connectivity index (χ3v) is 3.24. The molecule has 0 aromatic rings. The maximum absolute atomic E-state index is 5.32. The van der Waals surface area contributed by atoms with Gasteiger partial charge in [-0.3, -0.25) is 0 Å². The number of piperidine rings is 1. The predicted octanol–water partition coefficient (Wildman–Crippen LogP) is 2.53. The van der Waals surface area contributed by atoms with Gasteiger partial charge in [0.1, 0.15) is 0 Å². The highest BCUT2D eigenvalue weighted by molar-refractivity contribution is 4.92. The van der Waals surface area contributed by atoms with Crippen LogP contribution in [0.25, 0.3) is 0 Å². The molecule has 84 valence electrons. The Morgan fingerprint density at radius 1 is 1.21 bits per heavy atom. The van der Waals surface area contributed by atoms with Crippen molar-refractivity contribution in [1.29, 1.82) is 0 Å². The van der Waals surface area contributed by atoms with Crippen molar-refractivity contribution in [3.8, 4) is 0 Å². The van der Waals surface area contributed by atoms with Gasteiger partial charge in [0.15, 0.2) is 0 Å². The highest BCUT2D eigenvalue weighted by Crippen LogP contribution is 2.37. The molecule has 0 aromatic carbocycles. The van der Waals surface area contributed by atoms with E-state index >= 15 is 0 Å². The number of hydrogen-bond acceptors (Lipinski definition) is 2. The Kier molecular flexibility index (Phi) is 4.39. The lowest BCUT2D eigenvalue weighted by Crippen LogP contribution is -2.55. The molecule has 2 heteroatoms. The molecule has 0 aliphatic carbocycles. The van der Waals surface area contributed by atoms with E-state index in [0.717, 1.165) is 13.2 Å². The zero-order valence-electron chi connectivity index (χ0n) is 10.2. The quantitative estimate of drug-likeness (QED) is 0.643. The summed E-state index contributed by atoms with van der Waals surface area (Å²) in [7, 11) is 0. The van der Waals surface area contributed by atoms with Crippen LogP contribution < -0.4 is 0 Å². The van der Waals surface area contributed by atoms with Crippen molar-refractivity contribution in [2.45, 2.75) is 46.6 Å². The first-order valence-corrected chi connectivity index (χ1v) is 6.04. The Labute approximate surface area is 88.6 Å². The number of likely N-dealkylation sites (tertiary alicyclic amines) is 1. The fourth-order valence-corrected chi connectivity index (χ4v) is 2.31. The molecule has 2 aliphatic heterocycles. The predicted molar refractivity (Wildman–Crippen MR) is 60.5 cm³/mol. The molecule has 1 spiro atoms. The van der Waals surface area contributed by atoms with Crippen LogP contribution in [0.1, 0.15) is 40.5 Å². The number of ether oxygens (including phenoxy) is 1. The summed E-state index contributed by atoms with van der Waals surface area (Å²) >= 11 is 0. The molecule has 0 unspecified atom stereocenters. The van der Waals surface area contributed by atoms with Crippen LogP contribution in [0.2, 0.25) is 0 Å². The molecule has 2 fully saturated rings. The molecule has 0 saturated carbocycles. The van der Waals surface area contributed by atoms with Crippen LogP contribution in [0.4, 0.5) is 0 Å². The molecule has 0 N–H and O–H groups in total.